The number of nitrogens with two attached hydrogens (primary N) is 1. The molecule has 1 amide bonds. The number of nitrogens with zero attached hydrogens (tertiary/aromatic N) is 3. The van der Waals surface area contributed by atoms with Crippen LogP contribution >= 0.6 is 0 Å². The van der Waals surface area contributed by atoms with E-state index in [1.54, 1.807) is 4.90 Å². The number of ether oxygens (including phenoxy) is 1. The number of carbonyl (C=O) groups is 1. The van der Waals surface area contributed by atoms with Gasteiger partial charge in [0, 0.05) is 32.7 Å². The molecule has 0 unspecified atom stereocenters. The lowest BCUT2D eigenvalue weighted by atomic mass is 10.0. The van der Waals surface area contributed by atoms with Gasteiger partial charge in [-0.05, 0) is 39.5 Å². The van der Waals surface area contributed by atoms with Crippen molar-refractivity contribution >= 4 is 21.9 Å². The number of guanidine groups is 1. The standard InChI is InChI=1S/C16H30N4O4S/c1-16(2,3)24-15(21)20-8-6-19(7-9-20)14(17)18-12-13-4-10-25(22,23)11-5-13/h13H,4-12H2,1-3H3,(H2,17,18). The highest BCUT2D eigenvalue weighted by molar-refractivity contribution is 7.91. The Morgan fingerprint density at radius 1 is 1.12 bits per heavy atom. The molecule has 0 aromatic carbocycles. The van der Waals surface area contributed by atoms with Crippen LogP contribution in [0.3, 0.4) is 0 Å². The third kappa shape index (κ3) is 6.37. The zero-order chi connectivity index (χ0) is 18.7. The van der Waals surface area contributed by atoms with Crippen LogP contribution in [-0.2, 0) is 14.6 Å². The first-order valence-electron chi connectivity index (χ1n) is 8.79. The second-order valence-corrected chi connectivity index (χ2v) is 10.1. The summed E-state index contributed by atoms with van der Waals surface area (Å²) in [5, 5.41) is 0. The molecule has 25 heavy (non-hydrogen) atoms. The molecule has 0 atom stereocenters. The van der Waals surface area contributed by atoms with Crippen LogP contribution in [0.2, 0.25) is 0 Å². The summed E-state index contributed by atoms with van der Waals surface area (Å²) in [6, 6.07) is 0. The molecule has 0 aliphatic carbocycles. The van der Waals surface area contributed by atoms with Gasteiger partial charge in [-0.25, -0.2) is 13.2 Å². The lowest BCUT2D eigenvalue weighted by Gasteiger charge is -2.36. The molecule has 2 N–H and O–H groups in total. The third-order valence-electron chi connectivity index (χ3n) is 4.44. The van der Waals surface area contributed by atoms with E-state index in [9.17, 15) is 13.2 Å². The molecule has 2 heterocycles. The summed E-state index contributed by atoms with van der Waals surface area (Å²) in [5.41, 5.74) is 5.57. The van der Waals surface area contributed by atoms with Crippen LogP contribution < -0.4 is 5.73 Å². The van der Waals surface area contributed by atoms with Gasteiger partial charge in [0.25, 0.3) is 0 Å². The predicted octanol–water partition coefficient (Wildman–Crippen LogP) is 0.679. The van der Waals surface area contributed by atoms with Gasteiger partial charge in [-0.2, -0.15) is 0 Å². The highest BCUT2D eigenvalue weighted by atomic mass is 32.2. The first kappa shape index (κ1) is 19.8. The number of amides is 1. The predicted molar refractivity (Wildman–Crippen MR) is 97.2 cm³/mol. The topological polar surface area (TPSA) is 105 Å². The summed E-state index contributed by atoms with van der Waals surface area (Å²) in [7, 11) is -2.84. The van der Waals surface area contributed by atoms with Gasteiger partial charge in [0.2, 0.25) is 0 Å². The smallest absolute Gasteiger partial charge is 0.410 e. The number of carbonyl (C=O) groups excluding carboxylic acids is 1. The summed E-state index contributed by atoms with van der Waals surface area (Å²) < 4.78 is 28.3. The van der Waals surface area contributed by atoms with Crippen LogP contribution in [0.25, 0.3) is 0 Å². The lowest BCUT2D eigenvalue weighted by molar-refractivity contribution is 0.0186. The molecule has 0 saturated carbocycles. The van der Waals surface area contributed by atoms with Gasteiger partial charge in [0.1, 0.15) is 15.4 Å². The van der Waals surface area contributed by atoms with Crippen LogP contribution in [0.4, 0.5) is 4.79 Å². The highest BCUT2D eigenvalue weighted by Gasteiger charge is 2.27. The summed E-state index contributed by atoms with van der Waals surface area (Å²) in [4.78, 5) is 20.1. The second-order valence-electron chi connectivity index (χ2n) is 7.75. The molecule has 144 valence electrons. The fraction of sp³-hybridized carbons (Fsp3) is 0.875. The van der Waals surface area contributed by atoms with Crippen molar-refractivity contribution in [1.29, 1.82) is 0 Å². The second kappa shape index (κ2) is 7.80. The fourth-order valence-electron chi connectivity index (χ4n) is 2.89. The van der Waals surface area contributed by atoms with E-state index in [0.717, 1.165) is 0 Å². The number of aliphatic imine (C=N–C) groups is 1. The first-order chi connectivity index (χ1) is 11.6. The molecule has 2 aliphatic heterocycles. The van der Waals surface area contributed by atoms with Crippen molar-refractivity contribution in [3.63, 3.8) is 0 Å². The lowest BCUT2D eigenvalue weighted by Crippen LogP contribution is -2.53. The van der Waals surface area contributed by atoms with Crippen LogP contribution in [0.5, 0.6) is 0 Å². The quantitative estimate of drug-likeness (QED) is 0.563. The average molecular weight is 375 g/mol. The minimum atomic E-state index is -2.84. The van der Waals surface area contributed by atoms with Crippen LogP contribution in [-0.4, -0.2) is 80.1 Å². The van der Waals surface area contributed by atoms with E-state index in [1.807, 2.05) is 25.7 Å². The monoisotopic (exact) mass is 374 g/mol. The van der Waals surface area contributed by atoms with E-state index in [-0.39, 0.29) is 23.5 Å². The van der Waals surface area contributed by atoms with Crippen LogP contribution in [0.1, 0.15) is 33.6 Å². The van der Waals surface area contributed by atoms with Crippen molar-refractivity contribution < 1.29 is 17.9 Å². The molecule has 8 nitrogen and oxygen atoms in total. The first-order valence-corrected chi connectivity index (χ1v) is 10.6. The Morgan fingerprint density at radius 3 is 2.16 bits per heavy atom. The summed E-state index contributed by atoms with van der Waals surface area (Å²) in [5.74, 6) is 1.26. The largest absolute Gasteiger partial charge is 0.444 e. The number of hydrogen-bond donors (Lipinski definition) is 1. The molecule has 9 heteroatoms. The summed E-state index contributed by atoms with van der Waals surface area (Å²) in [6.45, 7) is 8.45. The molecular formula is C16H30N4O4S. The van der Waals surface area contributed by atoms with E-state index in [0.29, 0.717) is 51.5 Å². The fourth-order valence-corrected chi connectivity index (χ4v) is 4.48. The zero-order valence-electron chi connectivity index (χ0n) is 15.4. The maximum Gasteiger partial charge on any atom is 0.410 e. The molecule has 2 rings (SSSR count). The number of rotatable bonds is 2. The minimum Gasteiger partial charge on any atom is -0.444 e. The molecule has 2 aliphatic rings. The van der Waals surface area contributed by atoms with Gasteiger partial charge in [-0.1, -0.05) is 0 Å². The van der Waals surface area contributed by atoms with E-state index in [4.69, 9.17) is 10.5 Å². The summed E-state index contributed by atoms with van der Waals surface area (Å²) >= 11 is 0. The van der Waals surface area contributed by atoms with E-state index in [1.165, 1.54) is 0 Å². The molecular weight excluding hydrogens is 344 g/mol. The Labute approximate surface area is 150 Å². The van der Waals surface area contributed by atoms with Crippen molar-refractivity contribution in [2.75, 3.05) is 44.2 Å². The molecule has 0 aromatic rings. The van der Waals surface area contributed by atoms with Crippen molar-refractivity contribution in [3.8, 4) is 0 Å². The average Bonchev–Trinajstić information content (AvgIpc) is 2.52. The van der Waals surface area contributed by atoms with Crippen LogP contribution in [0, 0.1) is 5.92 Å². The Balaban J connectivity index is 1.77. The maximum atomic E-state index is 12.0. The number of hydrogen-bond acceptors (Lipinski definition) is 5. The molecule has 0 spiro atoms. The van der Waals surface area contributed by atoms with Crippen molar-refractivity contribution in [3.05, 3.63) is 0 Å². The number of sulfone groups is 1. The van der Waals surface area contributed by atoms with Gasteiger partial charge in [-0.15, -0.1) is 0 Å². The maximum absolute atomic E-state index is 12.0. The zero-order valence-corrected chi connectivity index (χ0v) is 16.2. The van der Waals surface area contributed by atoms with E-state index < -0.39 is 15.4 Å². The molecule has 0 bridgehead atoms. The van der Waals surface area contributed by atoms with Gasteiger partial charge in [-0.3, -0.25) is 4.99 Å². The Bertz CT molecular complexity index is 590. The summed E-state index contributed by atoms with van der Waals surface area (Å²) in [6.07, 6.45) is 1.02. The highest BCUT2D eigenvalue weighted by Crippen LogP contribution is 2.19. The molecule has 0 aromatic heterocycles. The normalized spacial score (nSPS) is 22.8. The van der Waals surface area contributed by atoms with Gasteiger partial charge >= 0.3 is 6.09 Å². The SMILES string of the molecule is CC(C)(C)OC(=O)N1CCN(C(N)=NCC2CCS(=O)(=O)CC2)CC1. The van der Waals surface area contributed by atoms with Gasteiger partial charge < -0.3 is 20.3 Å². The van der Waals surface area contributed by atoms with E-state index >= 15 is 0 Å². The molecule has 2 saturated heterocycles. The Kier molecular flexibility index (Phi) is 6.18. The van der Waals surface area contributed by atoms with Crippen LogP contribution in [0.15, 0.2) is 4.99 Å². The Hall–Kier alpha value is -1.51. The van der Waals surface area contributed by atoms with Crippen molar-refractivity contribution in [1.82, 2.24) is 9.80 Å². The van der Waals surface area contributed by atoms with E-state index in [2.05, 4.69) is 4.99 Å². The minimum absolute atomic E-state index is 0.252. The van der Waals surface area contributed by atoms with Gasteiger partial charge in [0.05, 0.1) is 11.5 Å². The third-order valence-corrected chi connectivity index (χ3v) is 6.16. The number of piperazine rings is 1. The molecule has 0 radical (unpaired) electrons. The van der Waals surface area contributed by atoms with Gasteiger partial charge in [0.15, 0.2) is 5.96 Å². The van der Waals surface area contributed by atoms with Crippen molar-refractivity contribution in [2.24, 2.45) is 16.6 Å². The Morgan fingerprint density at radius 2 is 1.64 bits per heavy atom. The van der Waals surface area contributed by atoms with Crippen molar-refractivity contribution in [2.45, 2.75) is 39.2 Å². The molecule has 2 fully saturated rings.